The number of quaternary nitrogens is 1. The van der Waals surface area contributed by atoms with Crippen molar-refractivity contribution in [2.75, 3.05) is 45.9 Å². The number of aromatic nitrogens is 1. The van der Waals surface area contributed by atoms with Crippen LogP contribution in [0.4, 0.5) is 0 Å². The van der Waals surface area contributed by atoms with Crippen LogP contribution in [0.2, 0.25) is 0 Å². The monoisotopic (exact) mass is 591 g/mol. The summed E-state index contributed by atoms with van der Waals surface area (Å²) in [7, 11) is 0. The lowest BCUT2D eigenvalue weighted by Gasteiger charge is -2.52. The summed E-state index contributed by atoms with van der Waals surface area (Å²) in [5.74, 6) is 1.37. The highest BCUT2D eigenvalue weighted by atomic mass is 79.9. The lowest BCUT2D eigenvalue weighted by Crippen LogP contribution is -3.00. The highest BCUT2D eigenvalue weighted by Gasteiger charge is 2.50. The molecule has 0 amide bonds. The Balaban J connectivity index is 0.00000320. The number of piperidine rings is 4. The fourth-order valence-electron chi connectivity index (χ4n) is 6.67. The van der Waals surface area contributed by atoms with Crippen molar-refractivity contribution in [1.82, 2.24) is 9.88 Å². The van der Waals surface area contributed by atoms with E-state index in [-0.39, 0.29) is 29.1 Å². The molecule has 8 heteroatoms. The lowest BCUT2D eigenvalue weighted by atomic mass is 9.82. The van der Waals surface area contributed by atoms with E-state index in [1.54, 1.807) is 11.3 Å². The van der Waals surface area contributed by atoms with E-state index >= 15 is 0 Å². The quantitative estimate of drug-likeness (QED) is 0.254. The third-order valence-corrected chi connectivity index (χ3v) is 9.87. The Bertz CT molecular complexity index is 1010. The molecule has 0 saturated carbocycles. The fourth-order valence-corrected chi connectivity index (χ4v) is 7.58. The third-order valence-electron chi connectivity index (χ3n) is 8.79. The Labute approximate surface area is 236 Å². The van der Waals surface area contributed by atoms with Gasteiger partial charge in [-0.15, -0.1) is 11.3 Å². The number of hydrogen-bond acceptors (Lipinski definition) is 6. The predicted molar refractivity (Wildman–Crippen MR) is 143 cm³/mol. The molecule has 0 N–H and O–H groups in total. The molecule has 2 bridgehead atoms. The van der Waals surface area contributed by atoms with Crippen LogP contribution in [0.25, 0.3) is 0 Å². The van der Waals surface area contributed by atoms with Crippen molar-refractivity contribution in [3.63, 3.8) is 0 Å². The number of rotatable bonds is 9. The zero-order valence-electron chi connectivity index (χ0n) is 22.6. The number of halogens is 1. The molecule has 4 aliphatic heterocycles. The van der Waals surface area contributed by atoms with Crippen LogP contribution in [0, 0.1) is 19.8 Å². The molecule has 6 rings (SSSR count). The number of hydrogen-bond donors (Lipinski definition) is 0. The van der Waals surface area contributed by atoms with Gasteiger partial charge in [-0.25, -0.2) is 4.79 Å². The largest absolute Gasteiger partial charge is 1.00 e. The number of pyridine rings is 1. The van der Waals surface area contributed by atoms with Crippen molar-refractivity contribution in [3.8, 4) is 5.75 Å². The first-order chi connectivity index (χ1) is 17.4. The van der Waals surface area contributed by atoms with Gasteiger partial charge in [0.05, 0.1) is 26.2 Å². The molecule has 4 fully saturated rings. The van der Waals surface area contributed by atoms with Crippen LogP contribution in [0.5, 0.6) is 5.75 Å². The van der Waals surface area contributed by atoms with Gasteiger partial charge in [0.2, 0.25) is 0 Å². The average Bonchev–Trinajstić information content (AvgIpc) is 3.42. The number of esters is 1. The number of carbonyl (C=O) groups is 1. The van der Waals surface area contributed by atoms with Gasteiger partial charge in [0, 0.05) is 53.6 Å². The number of likely N-dealkylation sites (tertiary alicyclic amines) is 1. The fraction of sp³-hybridized carbons (Fsp3) is 0.655. The zero-order valence-corrected chi connectivity index (χ0v) is 25.0. The molecule has 37 heavy (non-hydrogen) atoms. The highest BCUT2D eigenvalue weighted by molar-refractivity contribution is 7.10. The molecule has 2 unspecified atom stereocenters. The number of ether oxygens (including phenoxy) is 2. The molecule has 6 nitrogen and oxygen atoms in total. The van der Waals surface area contributed by atoms with Crippen LogP contribution in [0.1, 0.15) is 61.7 Å². The van der Waals surface area contributed by atoms with Gasteiger partial charge in [0.25, 0.3) is 0 Å². The van der Waals surface area contributed by atoms with Gasteiger partial charge < -0.3 is 30.9 Å². The summed E-state index contributed by atoms with van der Waals surface area (Å²) in [6.45, 7) is 13.2. The predicted octanol–water partition coefficient (Wildman–Crippen LogP) is 2.09. The highest BCUT2D eigenvalue weighted by Crippen LogP contribution is 2.40. The molecule has 2 aromatic rings. The minimum absolute atomic E-state index is 0. The SMILES string of the molecule is Cc1cc(OCCC[N+]23CCC(CC2)C(OC(=O)C(C)(c2cccs2)N2CCCCC2)C3)cc(C)n1.[Br-]. The average molecular weight is 593 g/mol. The molecule has 4 aliphatic rings. The topological polar surface area (TPSA) is 51.7 Å². The Morgan fingerprint density at radius 2 is 1.86 bits per heavy atom. The number of nitrogens with zero attached hydrogens (tertiary/aromatic N) is 3. The van der Waals surface area contributed by atoms with E-state index in [9.17, 15) is 4.79 Å². The van der Waals surface area contributed by atoms with Crippen LogP contribution < -0.4 is 21.7 Å². The number of fused-ring (bicyclic) bond motifs is 3. The van der Waals surface area contributed by atoms with E-state index in [1.165, 1.54) is 19.5 Å². The van der Waals surface area contributed by atoms with Gasteiger partial charge in [0.15, 0.2) is 11.6 Å². The van der Waals surface area contributed by atoms with Gasteiger partial charge in [-0.05, 0) is 58.1 Å². The molecule has 2 aromatic heterocycles. The van der Waals surface area contributed by atoms with E-state index in [1.807, 2.05) is 26.0 Å². The number of carbonyl (C=O) groups excluding carboxylic acids is 1. The van der Waals surface area contributed by atoms with Crippen molar-refractivity contribution in [2.24, 2.45) is 5.92 Å². The van der Waals surface area contributed by atoms with Gasteiger partial charge in [-0.2, -0.15) is 0 Å². The van der Waals surface area contributed by atoms with Crippen molar-refractivity contribution >= 4 is 17.3 Å². The standard InChI is InChI=1S/C29H42N3O3S.BrH/c1-22-19-25(20-23(2)30-22)34-17-8-14-32-15-10-24(11-16-32)26(21-32)35-28(33)29(3,27-9-7-18-36-27)31-12-5-4-6-13-31;/h7,9,18-20,24,26H,4-6,8,10-17,21H2,1-3H3;1H/q+1;/p-1. The Morgan fingerprint density at radius 3 is 2.51 bits per heavy atom. The minimum atomic E-state index is -0.680. The van der Waals surface area contributed by atoms with Crippen LogP contribution >= 0.6 is 11.3 Å². The van der Waals surface area contributed by atoms with Crippen LogP contribution in [-0.2, 0) is 15.1 Å². The lowest BCUT2D eigenvalue weighted by molar-refractivity contribution is -0.946. The van der Waals surface area contributed by atoms with E-state index in [2.05, 4.69) is 34.3 Å². The first-order valence-electron chi connectivity index (χ1n) is 13.8. The molecule has 0 spiro atoms. The normalized spacial score (nSPS) is 27.2. The second-order valence-electron chi connectivity index (χ2n) is 11.4. The molecule has 204 valence electrons. The van der Waals surface area contributed by atoms with E-state index in [4.69, 9.17) is 9.47 Å². The second-order valence-corrected chi connectivity index (χ2v) is 12.3. The second kappa shape index (κ2) is 12.1. The summed E-state index contributed by atoms with van der Waals surface area (Å²) in [6, 6.07) is 8.18. The number of thiophene rings is 1. The van der Waals surface area contributed by atoms with Crippen LogP contribution in [0.3, 0.4) is 0 Å². The third kappa shape index (κ3) is 6.23. The maximum Gasteiger partial charge on any atom is 0.332 e. The molecule has 0 radical (unpaired) electrons. The van der Waals surface area contributed by atoms with Gasteiger partial charge in [0.1, 0.15) is 12.3 Å². The van der Waals surface area contributed by atoms with Gasteiger partial charge in [-0.3, -0.25) is 9.88 Å². The zero-order chi connectivity index (χ0) is 25.2. The van der Waals surface area contributed by atoms with Crippen molar-refractivity contribution < 1.29 is 35.7 Å². The Kier molecular flexibility index (Phi) is 9.36. The van der Waals surface area contributed by atoms with Crippen molar-refractivity contribution in [1.29, 1.82) is 0 Å². The maximum absolute atomic E-state index is 13.9. The summed E-state index contributed by atoms with van der Waals surface area (Å²) in [4.78, 5) is 21.8. The molecule has 0 aliphatic carbocycles. The first kappa shape index (κ1) is 28.5. The van der Waals surface area contributed by atoms with E-state index in [0.29, 0.717) is 12.5 Å². The summed E-state index contributed by atoms with van der Waals surface area (Å²) in [5, 5.41) is 2.08. The minimum Gasteiger partial charge on any atom is -1.00 e. The Hall–Kier alpha value is -1.48. The van der Waals surface area contributed by atoms with Crippen molar-refractivity contribution in [3.05, 3.63) is 45.9 Å². The molecule has 6 heterocycles. The van der Waals surface area contributed by atoms with Crippen molar-refractivity contribution in [2.45, 2.75) is 70.9 Å². The summed E-state index contributed by atoms with van der Waals surface area (Å²) >= 11 is 1.68. The van der Waals surface area contributed by atoms with Gasteiger partial charge in [-0.1, -0.05) is 12.5 Å². The number of aryl methyl sites for hydroxylation is 2. The summed E-state index contributed by atoms with van der Waals surface area (Å²) < 4.78 is 13.6. The van der Waals surface area contributed by atoms with E-state index in [0.717, 1.165) is 84.8 Å². The first-order valence-corrected chi connectivity index (χ1v) is 14.7. The van der Waals surface area contributed by atoms with E-state index < -0.39 is 5.54 Å². The van der Waals surface area contributed by atoms with Crippen LogP contribution in [-0.4, -0.2) is 72.3 Å². The molecule has 2 atom stereocenters. The molecular weight excluding hydrogens is 550 g/mol. The maximum atomic E-state index is 13.9. The molecule has 0 aromatic carbocycles. The molecular formula is C29H42BrN3O3S. The summed E-state index contributed by atoms with van der Waals surface area (Å²) in [6.07, 6.45) is 6.90. The van der Waals surface area contributed by atoms with Gasteiger partial charge >= 0.3 is 5.97 Å². The Morgan fingerprint density at radius 1 is 1.16 bits per heavy atom. The smallest absolute Gasteiger partial charge is 0.332 e. The van der Waals surface area contributed by atoms with Crippen LogP contribution in [0.15, 0.2) is 29.6 Å². The summed E-state index contributed by atoms with van der Waals surface area (Å²) in [5.41, 5.74) is 1.31. The molecule has 4 saturated heterocycles.